The molecule has 0 saturated heterocycles. The number of benzene rings is 2. The van der Waals surface area contributed by atoms with Crippen molar-refractivity contribution in [3.05, 3.63) is 108 Å². The summed E-state index contributed by atoms with van der Waals surface area (Å²) >= 11 is 1.66. The molecule has 0 unspecified atom stereocenters. The fraction of sp³-hybridized carbons (Fsp3) is 0.0870. The molecule has 0 amide bonds. The zero-order valence-electron chi connectivity index (χ0n) is 15.7. The molecule has 0 spiro atoms. The number of para-hydroxylation sites is 1. The van der Waals surface area contributed by atoms with Gasteiger partial charge in [-0.1, -0.05) is 66.4 Å². The molecule has 0 N–H and O–H groups in total. The number of nitrogens with zero attached hydrogens (tertiary/aromatic N) is 5. The third-order valence-corrected chi connectivity index (χ3v) is 5.65. The van der Waals surface area contributed by atoms with Crippen molar-refractivity contribution >= 4 is 17.4 Å². The Bertz CT molecular complexity index is 1200. The Morgan fingerprint density at radius 2 is 1.55 bits per heavy atom. The van der Waals surface area contributed by atoms with Gasteiger partial charge in [-0.3, -0.25) is 4.57 Å². The SMILES string of the molecule is c1ccc(Cc2nnc(SCc3cn4ccccc4n3)n2-c2ccccc2)cc1. The third-order valence-electron chi connectivity index (χ3n) is 4.68. The minimum absolute atomic E-state index is 0.734. The summed E-state index contributed by atoms with van der Waals surface area (Å²) < 4.78 is 4.19. The predicted molar refractivity (Wildman–Crippen MR) is 115 cm³/mol. The second-order valence-electron chi connectivity index (χ2n) is 6.72. The predicted octanol–water partition coefficient (Wildman–Crippen LogP) is 4.80. The average Bonchev–Trinajstić information content (AvgIpc) is 3.37. The van der Waals surface area contributed by atoms with Crippen LogP contribution < -0.4 is 0 Å². The maximum Gasteiger partial charge on any atom is 0.196 e. The van der Waals surface area contributed by atoms with Crippen molar-refractivity contribution in [2.24, 2.45) is 0 Å². The van der Waals surface area contributed by atoms with E-state index < -0.39 is 0 Å². The van der Waals surface area contributed by atoms with E-state index in [1.54, 1.807) is 11.8 Å². The van der Waals surface area contributed by atoms with E-state index in [1.165, 1.54) is 5.56 Å². The Balaban J connectivity index is 1.45. The zero-order valence-corrected chi connectivity index (χ0v) is 16.5. The highest BCUT2D eigenvalue weighted by Crippen LogP contribution is 2.26. The Labute approximate surface area is 173 Å². The minimum Gasteiger partial charge on any atom is -0.307 e. The smallest absolute Gasteiger partial charge is 0.196 e. The number of imidazole rings is 1. The van der Waals surface area contributed by atoms with Crippen LogP contribution in [0.2, 0.25) is 0 Å². The molecule has 5 nitrogen and oxygen atoms in total. The largest absolute Gasteiger partial charge is 0.307 e. The number of fused-ring (bicyclic) bond motifs is 1. The molecule has 0 saturated carbocycles. The van der Waals surface area contributed by atoms with Crippen molar-refractivity contribution in [3.8, 4) is 5.69 Å². The van der Waals surface area contributed by atoms with Gasteiger partial charge in [-0.25, -0.2) is 4.98 Å². The number of pyridine rings is 1. The molecule has 5 aromatic rings. The van der Waals surface area contributed by atoms with E-state index >= 15 is 0 Å². The number of thioether (sulfide) groups is 1. The van der Waals surface area contributed by atoms with E-state index in [1.807, 2.05) is 53.1 Å². The molecule has 6 heteroatoms. The number of hydrogen-bond donors (Lipinski definition) is 0. The maximum atomic E-state index is 4.69. The van der Waals surface area contributed by atoms with Crippen LogP contribution in [0.5, 0.6) is 0 Å². The Kier molecular flexibility index (Phi) is 4.84. The molecule has 5 rings (SSSR count). The molecular weight excluding hydrogens is 378 g/mol. The van der Waals surface area contributed by atoms with E-state index in [-0.39, 0.29) is 0 Å². The summed E-state index contributed by atoms with van der Waals surface area (Å²) in [6.45, 7) is 0. The number of hydrogen-bond acceptors (Lipinski definition) is 4. The van der Waals surface area contributed by atoms with E-state index in [4.69, 9.17) is 0 Å². The van der Waals surface area contributed by atoms with Gasteiger partial charge in [0.1, 0.15) is 11.5 Å². The lowest BCUT2D eigenvalue weighted by atomic mass is 10.1. The van der Waals surface area contributed by atoms with E-state index in [0.29, 0.717) is 0 Å². The van der Waals surface area contributed by atoms with Gasteiger partial charge in [0.25, 0.3) is 0 Å². The summed E-state index contributed by atoms with van der Waals surface area (Å²) in [7, 11) is 0. The highest BCUT2D eigenvalue weighted by Gasteiger charge is 2.15. The molecule has 142 valence electrons. The maximum absolute atomic E-state index is 4.69. The van der Waals surface area contributed by atoms with Crippen LogP contribution >= 0.6 is 11.8 Å². The first-order chi connectivity index (χ1) is 14.4. The normalized spacial score (nSPS) is 11.2. The van der Waals surface area contributed by atoms with Crippen LogP contribution in [0, 0.1) is 0 Å². The van der Waals surface area contributed by atoms with Gasteiger partial charge in [0.15, 0.2) is 5.16 Å². The Morgan fingerprint density at radius 1 is 0.793 bits per heavy atom. The van der Waals surface area contributed by atoms with Gasteiger partial charge >= 0.3 is 0 Å². The van der Waals surface area contributed by atoms with Gasteiger partial charge in [0, 0.05) is 30.3 Å². The average molecular weight is 398 g/mol. The van der Waals surface area contributed by atoms with E-state index in [9.17, 15) is 0 Å². The zero-order chi connectivity index (χ0) is 19.5. The second-order valence-corrected chi connectivity index (χ2v) is 7.66. The molecule has 3 aromatic heterocycles. The Morgan fingerprint density at radius 3 is 2.34 bits per heavy atom. The fourth-order valence-corrected chi connectivity index (χ4v) is 4.17. The van der Waals surface area contributed by atoms with Crippen molar-refractivity contribution < 1.29 is 0 Å². The first-order valence-corrected chi connectivity index (χ1v) is 10.4. The highest BCUT2D eigenvalue weighted by molar-refractivity contribution is 7.98. The summed E-state index contributed by atoms with van der Waals surface area (Å²) in [6.07, 6.45) is 4.81. The Hall–Kier alpha value is -3.38. The van der Waals surface area contributed by atoms with Gasteiger partial charge < -0.3 is 4.40 Å². The third kappa shape index (κ3) is 3.79. The van der Waals surface area contributed by atoms with Crippen LogP contribution in [0.15, 0.2) is 96.4 Å². The molecule has 29 heavy (non-hydrogen) atoms. The van der Waals surface area contributed by atoms with Crippen LogP contribution in [-0.2, 0) is 12.2 Å². The van der Waals surface area contributed by atoms with Gasteiger partial charge in [-0.2, -0.15) is 0 Å². The summed E-state index contributed by atoms with van der Waals surface area (Å²) in [4.78, 5) is 4.69. The van der Waals surface area contributed by atoms with Crippen molar-refractivity contribution in [2.75, 3.05) is 0 Å². The fourth-order valence-electron chi connectivity index (χ4n) is 3.32. The van der Waals surface area contributed by atoms with Gasteiger partial charge in [-0.05, 0) is 29.8 Å². The lowest BCUT2D eigenvalue weighted by molar-refractivity contribution is 0.847. The van der Waals surface area contributed by atoms with Crippen molar-refractivity contribution in [3.63, 3.8) is 0 Å². The first kappa shape index (κ1) is 17.7. The molecule has 2 aromatic carbocycles. The van der Waals surface area contributed by atoms with E-state index in [0.717, 1.165) is 40.2 Å². The van der Waals surface area contributed by atoms with Crippen LogP contribution in [0.25, 0.3) is 11.3 Å². The summed E-state index contributed by atoms with van der Waals surface area (Å²) in [6, 6.07) is 26.7. The first-order valence-electron chi connectivity index (χ1n) is 9.46. The minimum atomic E-state index is 0.734. The van der Waals surface area contributed by atoms with Crippen molar-refractivity contribution in [2.45, 2.75) is 17.3 Å². The molecule has 0 aliphatic carbocycles. The standard InChI is InChI=1S/C23H19N5S/c1-3-9-18(10-4-1)15-22-25-26-23(28(22)20-11-5-2-6-12-20)29-17-19-16-27-14-8-7-13-21(27)24-19/h1-14,16H,15,17H2. The molecular formula is C23H19N5S. The molecule has 0 bridgehead atoms. The van der Waals surface area contributed by atoms with Gasteiger partial charge in [0.05, 0.1) is 5.69 Å². The molecule has 0 aliphatic rings. The number of aromatic nitrogens is 5. The lowest BCUT2D eigenvalue weighted by Gasteiger charge is -2.10. The van der Waals surface area contributed by atoms with Crippen molar-refractivity contribution in [1.29, 1.82) is 0 Å². The summed E-state index contributed by atoms with van der Waals surface area (Å²) in [5.41, 5.74) is 4.26. The van der Waals surface area contributed by atoms with Crippen LogP contribution in [0.4, 0.5) is 0 Å². The van der Waals surface area contributed by atoms with Gasteiger partial charge in [0.2, 0.25) is 0 Å². The molecule has 3 heterocycles. The second kappa shape index (κ2) is 7.93. The quantitative estimate of drug-likeness (QED) is 0.386. The lowest BCUT2D eigenvalue weighted by Crippen LogP contribution is -2.03. The summed E-state index contributed by atoms with van der Waals surface area (Å²) in [5, 5.41) is 9.88. The molecule has 0 aliphatic heterocycles. The van der Waals surface area contributed by atoms with Gasteiger partial charge in [-0.15, -0.1) is 10.2 Å². The molecule has 0 radical (unpaired) electrons. The highest BCUT2D eigenvalue weighted by atomic mass is 32.2. The van der Waals surface area contributed by atoms with Crippen LogP contribution in [0.3, 0.4) is 0 Å². The molecule has 0 fully saturated rings. The topological polar surface area (TPSA) is 48.0 Å². The molecule has 0 atom stereocenters. The van der Waals surface area contributed by atoms with E-state index in [2.05, 4.69) is 62.3 Å². The number of rotatable bonds is 6. The van der Waals surface area contributed by atoms with Crippen molar-refractivity contribution in [1.82, 2.24) is 24.1 Å². The van der Waals surface area contributed by atoms with Crippen LogP contribution in [-0.4, -0.2) is 24.1 Å². The summed E-state index contributed by atoms with van der Waals surface area (Å²) in [5.74, 6) is 1.66. The monoisotopic (exact) mass is 397 g/mol. The van der Waals surface area contributed by atoms with Crippen LogP contribution in [0.1, 0.15) is 17.1 Å².